The third kappa shape index (κ3) is 4.73. The topological polar surface area (TPSA) is 38.0 Å². The fraction of sp³-hybridized carbons (Fsp3) is 1.00. The van der Waals surface area contributed by atoms with Gasteiger partial charge in [-0.25, -0.2) is 0 Å². The maximum atomic E-state index is 6.09. The molecule has 0 aromatic carbocycles. The van der Waals surface area contributed by atoms with Crippen LogP contribution in [0.2, 0.25) is 0 Å². The largest absolute Gasteiger partial charge is 0.330 e. The van der Waals surface area contributed by atoms with Gasteiger partial charge in [0.05, 0.1) is 0 Å². The average Bonchev–Trinajstić information content (AvgIpc) is 2.43. The molecule has 1 aliphatic carbocycles. The Labute approximate surface area is 127 Å². The maximum Gasteiger partial charge on any atom is -0.000870 e. The van der Waals surface area contributed by atoms with Gasteiger partial charge < -0.3 is 11.1 Å². The summed E-state index contributed by atoms with van der Waals surface area (Å²) in [7, 11) is 2.06. The second-order valence-electron chi connectivity index (χ2n) is 7.48. The summed E-state index contributed by atoms with van der Waals surface area (Å²) in [4.78, 5) is 0. The van der Waals surface area contributed by atoms with Gasteiger partial charge in [-0.05, 0) is 68.5 Å². The Balaban J connectivity index is 2.77. The van der Waals surface area contributed by atoms with Crippen LogP contribution >= 0.6 is 0 Å². The number of unbranched alkanes of at least 4 members (excludes halogenated alkanes) is 1. The smallest absolute Gasteiger partial charge is 0.000870 e. The maximum absolute atomic E-state index is 6.09. The van der Waals surface area contributed by atoms with E-state index in [1.807, 2.05) is 0 Å². The van der Waals surface area contributed by atoms with Crippen LogP contribution in [0.25, 0.3) is 0 Å². The molecule has 0 bridgehead atoms. The first-order valence-electron chi connectivity index (χ1n) is 8.89. The Bertz CT molecular complexity index is 252. The first-order chi connectivity index (χ1) is 9.54. The predicted octanol–water partition coefficient (Wildman–Crippen LogP) is 3.91. The van der Waals surface area contributed by atoms with Gasteiger partial charge in [-0.1, -0.05) is 47.0 Å². The van der Waals surface area contributed by atoms with Crippen LogP contribution in [0.15, 0.2) is 0 Å². The average molecular weight is 283 g/mol. The number of nitrogens with one attached hydrogen (secondary N) is 1. The van der Waals surface area contributed by atoms with Crippen LogP contribution in [0.3, 0.4) is 0 Å². The Morgan fingerprint density at radius 2 is 1.90 bits per heavy atom. The summed E-state index contributed by atoms with van der Waals surface area (Å²) in [6, 6.07) is 0. The van der Waals surface area contributed by atoms with Crippen molar-refractivity contribution < 1.29 is 0 Å². The molecule has 3 N–H and O–H groups in total. The lowest BCUT2D eigenvalue weighted by Crippen LogP contribution is -2.42. The standard InChI is InChI=1S/C18H38N2/c1-6-7-8-15-10-18(16(11-19)12-20-5)17(13(2)3)9-14(15)4/h13-18,20H,6-12,19H2,1-5H3. The molecule has 0 aromatic heterocycles. The van der Waals surface area contributed by atoms with Gasteiger partial charge in [-0.15, -0.1) is 0 Å². The van der Waals surface area contributed by atoms with E-state index in [0.29, 0.717) is 5.92 Å². The monoisotopic (exact) mass is 282 g/mol. The van der Waals surface area contributed by atoms with Crippen molar-refractivity contribution in [3.05, 3.63) is 0 Å². The Morgan fingerprint density at radius 3 is 2.40 bits per heavy atom. The molecule has 5 unspecified atom stereocenters. The van der Waals surface area contributed by atoms with Gasteiger partial charge in [-0.2, -0.15) is 0 Å². The molecule has 0 aromatic rings. The summed E-state index contributed by atoms with van der Waals surface area (Å²) < 4.78 is 0. The molecule has 0 saturated heterocycles. The van der Waals surface area contributed by atoms with Crippen LogP contribution in [0.1, 0.15) is 59.8 Å². The van der Waals surface area contributed by atoms with Crippen molar-refractivity contribution in [2.24, 2.45) is 41.2 Å². The zero-order valence-electron chi connectivity index (χ0n) is 14.5. The third-order valence-corrected chi connectivity index (χ3v) is 5.73. The third-order valence-electron chi connectivity index (χ3n) is 5.73. The van der Waals surface area contributed by atoms with E-state index in [1.54, 1.807) is 0 Å². The van der Waals surface area contributed by atoms with Crippen molar-refractivity contribution in [1.82, 2.24) is 5.32 Å². The molecule has 0 amide bonds. The van der Waals surface area contributed by atoms with Crippen molar-refractivity contribution >= 4 is 0 Å². The molecule has 0 aliphatic heterocycles. The van der Waals surface area contributed by atoms with E-state index < -0.39 is 0 Å². The Kier molecular flexibility index (Phi) is 8.13. The van der Waals surface area contributed by atoms with E-state index >= 15 is 0 Å². The lowest BCUT2D eigenvalue weighted by Gasteiger charge is -2.45. The molecular formula is C18H38N2. The van der Waals surface area contributed by atoms with E-state index in [9.17, 15) is 0 Å². The molecule has 2 heteroatoms. The number of rotatable bonds is 8. The second-order valence-corrected chi connectivity index (χ2v) is 7.48. The molecule has 20 heavy (non-hydrogen) atoms. The zero-order valence-corrected chi connectivity index (χ0v) is 14.5. The molecule has 1 aliphatic rings. The van der Waals surface area contributed by atoms with Crippen LogP contribution in [0, 0.1) is 35.5 Å². The lowest BCUT2D eigenvalue weighted by atomic mass is 9.61. The number of hydrogen-bond acceptors (Lipinski definition) is 2. The molecule has 1 fully saturated rings. The van der Waals surface area contributed by atoms with E-state index in [0.717, 1.165) is 42.7 Å². The fourth-order valence-corrected chi connectivity index (χ4v) is 4.40. The van der Waals surface area contributed by atoms with Crippen LogP contribution < -0.4 is 11.1 Å². The summed E-state index contributed by atoms with van der Waals surface area (Å²) in [5, 5.41) is 3.36. The highest BCUT2D eigenvalue weighted by Crippen LogP contribution is 2.45. The quantitative estimate of drug-likeness (QED) is 0.708. The van der Waals surface area contributed by atoms with E-state index in [1.165, 1.54) is 32.1 Å². The second kappa shape index (κ2) is 9.04. The van der Waals surface area contributed by atoms with Crippen molar-refractivity contribution in [2.45, 2.75) is 59.8 Å². The minimum Gasteiger partial charge on any atom is -0.330 e. The number of hydrogen-bond donors (Lipinski definition) is 2. The van der Waals surface area contributed by atoms with Crippen LogP contribution in [0.4, 0.5) is 0 Å². The highest BCUT2D eigenvalue weighted by molar-refractivity contribution is 4.89. The zero-order chi connectivity index (χ0) is 15.1. The van der Waals surface area contributed by atoms with Gasteiger partial charge in [-0.3, -0.25) is 0 Å². The Hall–Kier alpha value is -0.0800. The van der Waals surface area contributed by atoms with E-state index in [4.69, 9.17) is 5.73 Å². The SMILES string of the molecule is CCCCC1CC(C(CN)CNC)C(C(C)C)CC1C. The Morgan fingerprint density at radius 1 is 1.20 bits per heavy atom. The fourth-order valence-electron chi connectivity index (χ4n) is 4.40. The molecule has 0 spiro atoms. The van der Waals surface area contributed by atoms with Gasteiger partial charge in [0.25, 0.3) is 0 Å². The molecule has 0 radical (unpaired) electrons. The van der Waals surface area contributed by atoms with Crippen molar-refractivity contribution in [1.29, 1.82) is 0 Å². The molecular weight excluding hydrogens is 244 g/mol. The molecule has 1 saturated carbocycles. The van der Waals surface area contributed by atoms with Crippen LogP contribution in [-0.2, 0) is 0 Å². The minimum absolute atomic E-state index is 0.657. The van der Waals surface area contributed by atoms with E-state index in [2.05, 4.69) is 40.1 Å². The predicted molar refractivity (Wildman–Crippen MR) is 89.7 cm³/mol. The van der Waals surface area contributed by atoms with Crippen LogP contribution in [0.5, 0.6) is 0 Å². The lowest BCUT2D eigenvalue weighted by molar-refractivity contribution is 0.0487. The van der Waals surface area contributed by atoms with Crippen molar-refractivity contribution in [3.8, 4) is 0 Å². The summed E-state index contributed by atoms with van der Waals surface area (Å²) in [5.74, 6) is 4.97. The summed E-state index contributed by atoms with van der Waals surface area (Å²) in [5.41, 5.74) is 6.09. The van der Waals surface area contributed by atoms with Gasteiger partial charge in [0, 0.05) is 0 Å². The number of nitrogens with two attached hydrogens (primary N) is 1. The minimum atomic E-state index is 0.657. The highest BCUT2D eigenvalue weighted by atomic mass is 14.8. The van der Waals surface area contributed by atoms with Crippen molar-refractivity contribution in [3.63, 3.8) is 0 Å². The van der Waals surface area contributed by atoms with Gasteiger partial charge in [0.2, 0.25) is 0 Å². The van der Waals surface area contributed by atoms with E-state index in [-0.39, 0.29) is 0 Å². The first-order valence-corrected chi connectivity index (χ1v) is 8.89. The van der Waals surface area contributed by atoms with Crippen molar-refractivity contribution in [2.75, 3.05) is 20.1 Å². The normalized spacial score (nSPS) is 32.5. The van der Waals surface area contributed by atoms with Gasteiger partial charge in [0.1, 0.15) is 0 Å². The molecule has 5 atom stereocenters. The first kappa shape index (κ1) is 18.0. The molecule has 1 rings (SSSR count). The summed E-state index contributed by atoms with van der Waals surface area (Å²) in [6.45, 7) is 11.5. The summed E-state index contributed by atoms with van der Waals surface area (Å²) >= 11 is 0. The highest BCUT2D eigenvalue weighted by Gasteiger charge is 2.39. The van der Waals surface area contributed by atoms with Crippen LogP contribution in [-0.4, -0.2) is 20.1 Å². The molecule has 120 valence electrons. The summed E-state index contributed by atoms with van der Waals surface area (Å²) in [6.07, 6.45) is 6.98. The molecule has 0 heterocycles. The van der Waals surface area contributed by atoms with Gasteiger partial charge >= 0.3 is 0 Å². The van der Waals surface area contributed by atoms with Gasteiger partial charge in [0.15, 0.2) is 0 Å². The molecule has 2 nitrogen and oxygen atoms in total.